The fourth-order valence-corrected chi connectivity index (χ4v) is 5.43. The summed E-state index contributed by atoms with van der Waals surface area (Å²) in [6.07, 6.45) is 0.875. The molecule has 182 valence electrons. The average molecular weight is 478 g/mol. The van der Waals surface area contributed by atoms with Crippen LogP contribution in [0.2, 0.25) is 0 Å². The molecule has 0 saturated heterocycles. The molecule has 0 saturated carbocycles. The molecule has 2 amide bonds. The number of carbonyl (C=O) groups is 2. The zero-order chi connectivity index (χ0) is 25.2. The molecule has 0 fully saturated rings. The van der Waals surface area contributed by atoms with Crippen molar-refractivity contribution in [2.24, 2.45) is 0 Å². The van der Waals surface area contributed by atoms with E-state index in [1.165, 1.54) is 23.3 Å². The lowest BCUT2D eigenvalue weighted by Gasteiger charge is -2.39. The maximum atomic E-state index is 12.6. The van der Waals surface area contributed by atoms with Gasteiger partial charge in [0, 0.05) is 54.8 Å². The first-order chi connectivity index (χ1) is 17.4. The molecule has 0 bridgehead atoms. The molecule has 2 atom stereocenters. The van der Waals surface area contributed by atoms with E-state index in [9.17, 15) is 9.59 Å². The second-order valence-electron chi connectivity index (χ2n) is 9.61. The van der Waals surface area contributed by atoms with E-state index in [-0.39, 0.29) is 23.8 Å². The molecule has 0 radical (unpaired) electrons. The van der Waals surface area contributed by atoms with Crippen molar-refractivity contribution in [2.75, 3.05) is 22.1 Å². The summed E-state index contributed by atoms with van der Waals surface area (Å²) >= 11 is 0. The number of anilines is 3. The number of amides is 2. The number of rotatable bonds is 5. The number of carbonyl (C=O) groups excluding carboxylic acids is 2. The van der Waals surface area contributed by atoms with E-state index >= 15 is 0 Å². The third kappa shape index (κ3) is 4.69. The van der Waals surface area contributed by atoms with Crippen molar-refractivity contribution < 1.29 is 9.59 Å². The standard InChI is InChI=1S/C31H31N3O2/c1-20-16-26(19-32-30-13-7-9-23-8-4-5-12-28(23)30)29-18-25(14-15-31(29)34(20)22(3)36)24-10-6-11-27(17-24)33-21(2)35/h4-15,17-18,20,26,32H,16,19H2,1-3H3,(H,33,35)/t20-,26-/m0/s1. The van der Waals surface area contributed by atoms with E-state index < -0.39 is 0 Å². The Bertz CT molecular complexity index is 1440. The van der Waals surface area contributed by atoms with Gasteiger partial charge in [-0.15, -0.1) is 0 Å². The molecular formula is C31H31N3O2. The molecule has 1 aliphatic heterocycles. The van der Waals surface area contributed by atoms with Crippen molar-refractivity contribution in [3.8, 4) is 11.1 Å². The molecule has 1 heterocycles. The van der Waals surface area contributed by atoms with Gasteiger partial charge >= 0.3 is 0 Å². The summed E-state index contributed by atoms with van der Waals surface area (Å²) in [7, 11) is 0. The van der Waals surface area contributed by atoms with Crippen LogP contribution >= 0.6 is 0 Å². The van der Waals surface area contributed by atoms with Gasteiger partial charge in [-0.05, 0) is 65.8 Å². The zero-order valence-electron chi connectivity index (χ0n) is 20.9. The first-order valence-electron chi connectivity index (χ1n) is 12.4. The quantitative estimate of drug-likeness (QED) is 0.332. The molecule has 5 heteroatoms. The van der Waals surface area contributed by atoms with Gasteiger partial charge in [-0.25, -0.2) is 0 Å². The van der Waals surface area contributed by atoms with Crippen molar-refractivity contribution in [3.63, 3.8) is 0 Å². The summed E-state index contributed by atoms with van der Waals surface area (Å²) < 4.78 is 0. The third-order valence-electron chi connectivity index (χ3n) is 6.98. The first kappa shape index (κ1) is 23.6. The SMILES string of the molecule is CC(=O)Nc1cccc(-c2ccc3c(c2)[C@H](CNc2cccc4ccccc24)C[C@H](C)N3C(C)=O)c1. The summed E-state index contributed by atoms with van der Waals surface area (Å²) in [6, 6.07) is 29.1. The molecule has 0 aromatic heterocycles. The van der Waals surface area contributed by atoms with Gasteiger partial charge in [0.15, 0.2) is 0 Å². The summed E-state index contributed by atoms with van der Waals surface area (Å²) in [6.45, 7) is 6.04. The number of benzene rings is 4. The van der Waals surface area contributed by atoms with Gasteiger partial charge in [0.25, 0.3) is 0 Å². The van der Waals surface area contributed by atoms with E-state index in [4.69, 9.17) is 0 Å². The minimum Gasteiger partial charge on any atom is -0.384 e. The van der Waals surface area contributed by atoms with Gasteiger partial charge in [0.2, 0.25) is 11.8 Å². The van der Waals surface area contributed by atoms with Crippen LogP contribution in [0.3, 0.4) is 0 Å². The van der Waals surface area contributed by atoms with Crippen LogP contribution in [-0.2, 0) is 9.59 Å². The maximum Gasteiger partial charge on any atom is 0.224 e. The fourth-order valence-electron chi connectivity index (χ4n) is 5.43. The number of hydrogen-bond acceptors (Lipinski definition) is 3. The number of nitrogens with one attached hydrogen (secondary N) is 2. The van der Waals surface area contributed by atoms with Crippen LogP contribution in [0.25, 0.3) is 21.9 Å². The second-order valence-corrected chi connectivity index (χ2v) is 9.61. The Hall–Kier alpha value is -4.12. The number of hydrogen-bond donors (Lipinski definition) is 2. The molecule has 36 heavy (non-hydrogen) atoms. The van der Waals surface area contributed by atoms with Gasteiger partial charge in [0.1, 0.15) is 0 Å². The highest BCUT2D eigenvalue weighted by Crippen LogP contribution is 2.41. The molecule has 4 aromatic carbocycles. The average Bonchev–Trinajstić information content (AvgIpc) is 2.86. The van der Waals surface area contributed by atoms with Crippen LogP contribution in [0.4, 0.5) is 17.1 Å². The predicted octanol–water partition coefficient (Wildman–Crippen LogP) is 6.81. The molecule has 5 rings (SSSR count). The van der Waals surface area contributed by atoms with Crippen molar-refractivity contribution in [1.29, 1.82) is 0 Å². The molecule has 2 N–H and O–H groups in total. The van der Waals surface area contributed by atoms with Crippen molar-refractivity contribution in [1.82, 2.24) is 0 Å². The smallest absolute Gasteiger partial charge is 0.224 e. The first-order valence-corrected chi connectivity index (χ1v) is 12.4. The van der Waals surface area contributed by atoms with E-state index in [0.29, 0.717) is 0 Å². The van der Waals surface area contributed by atoms with Gasteiger partial charge in [-0.3, -0.25) is 9.59 Å². The molecule has 4 aromatic rings. The molecule has 5 nitrogen and oxygen atoms in total. The Morgan fingerprint density at radius 2 is 1.64 bits per heavy atom. The lowest BCUT2D eigenvalue weighted by molar-refractivity contribution is -0.117. The molecule has 0 unspecified atom stereocenters. The van der Waals surface area contributed by atoms with Crippen LogP contribution in [0, 0.1) is 0 Å². The number of nitrogens with zero attached hydrogens (tertiary/aromatic N) is 1. The minimum absolute atomic E-state index is 0.0598. The lowest BCUT2D eigenvalue weighted by Crippen LogP contribution is -2.43. The van der Waals surface area contributed by atoms with Crippen LogP contribution in [-0.4, -0.2) is 24.4 Å². The van der Waals surface area contributed by atoms with E-state index in [2.05, 4.69) is 78.2 Å². The monoisotopic (exact) mass is 477 g/mol. The maximum absolute atomic E-state index is 12.6. The largest absolute Gasteiger partial charge is 0.384 e. The van der Waals surface area contributed by atoms with E-state index in [1.54, 1.807) is 6.92 Å². The van der Waals surface area contributed by atoms with Gasteiger partial charge in [-0.2, -0.15) is 0 Å². The summed E-state index contributed by atoms with van der Waals surface area (Å²) in [5, 5.41) is 8.99. The highest BCUT2D eigenvalue weighted by Gasteiger charge is 2.32. The van der Waals surface area contributed by atoms with E-state index in [0.717, 1.165) is 41.2 Å². The Labute approximate surface area is 212 Å². The Morgan fingerprint density at radius 3 is 2.44 bits per heavy atom. The molecular weight excluding hydrogens is 446 g/mol. The lowest BCUT2D eigenvalue weighted by atomic mass is 9.84. The van der Waals surface area contributed by atoms with Crippen molar-refractivity contribution >= 4 is 39.6 Å². The van der Waals surface area contributed by atoms with Crippen LogP contribution in [0.1, 0.15) is 38.7 Å². The number of fused-ring (bicyclic) bond motifs is 2. The summed E-state index contributed by atoms with van der Waals surface area (Å²) in [5.41, 5.74) is 6.12. The third-order valence-corrected chi connectivity index (χ3v) is 6.98. The topological polar surface area (TPSA) is 61.4 Å². The Kier molecular flexibility index (Phi) is 6.47. The normalized spacial score (nSPS) is 16.9. The van der Waals surface area contributed by atoms with Crippen molar-refractivity contribution in [3.05, 3.63) is 90.5 Å². The van der Waals surface area contributed by atoms with Gasteiger partial charge < -0.3 is 15.5 Å². The predicted molar refractivity (Wildman–Crippen MR) is 149 cm³/mol. The van der Waals surface area contributed by atoms with Crippen LogP contribution < -0.4 is 15.5 Å². The molecule has 0 aliphatic carbocycles. The van der Waals surface area contributed by atoms with Gasteiger partial charge in [-0.1, -0.05) is 54.6 Å². The van der Waals surface area contributed by atoms with E-state index in [1.807, 2.05) is 29.2 Å². The van der Waals surface area contributed by atoms with Crippen LogP contribution in [0.15, 0.2) is 84.9 Å². The fraction of sp³-hybridized carbons (Fsp3) is 0.226. The molecule has 0 spiro atoms. The zero-order valence-corrected chi connectivity index (χ0v) is 20.9. The Morgan fingerprint density at radius 1 is 0.889 bits per heavy atom. The molecule has 1 aliphatic rings. The highest BCUT2D eigenvalue weighted by atomic mass is 16.2. The Balaban J connectivity index is 1.50. The highest BCUT2D eigenvalue weighted by molar-refractivity contribution is 5.95. The second kappa shape index (κ2) is 9.86. The van der Waals surface area contributed by atoms with Crippen LogP contribution in [0.5, 0.6) is 0 Å². The van der Waals surface area contributed by atoms with Gasteiger partial charge in [0.05, 0.1) is 0 Å². The summed E-state index contributed by atoms with van der Waals surface area (Å²) in [4.78, 5) is 26.0. The summed E-state index contributed by atoms with van der Waals surface area (Å²) in [5.74, 6) is 0.205. The van der Waals surface area contributed by atoms with Crippen molar-refractivity contribution in [2.45, 2.75) is 39.2 Å². The minimum atomic E-state index is -0.0942.